The maximum atomic E-state index is 4.29. The van der Waals surface area contributed by atoms with Crippen molar-refractivity contribution in [3.05, 3.63) is 36.2 Å². The molecule has 0 atom stereocenters. The van der Waals surface area contributed by atoms with Gasteiger partial charge in [0.1, 0.15) is 0 Å². The predicted octanol–water partition coefficient (Wildman–Crippen LogP) is 2.57. The minimum absolute atomic E-state index is 0.839. The van der Waals surface area contributed by atoms with Crippen molar-refractivity contribution in [2.24, 2.45) is 0 Å². The van der Waals surface area contributed by atoms with Crippen LogP contribution in [0.3, 0.4) is 0 Å². The summed E-state index contributed by atoms with van der Waals surface area (Å²) in [4.78, 5) is 4.29. The van der Waals surface area contributed by atoms with E-state index in [0.29, 0.717) is 0 Å². The van der Waals surface area contributed by atoms with Crippen LogP contribution in [0.2, 0.25) is 0 Å². The quantitative estimate of drug-likeness (QED) is 0.718. The highest BCUT2D eigenvalue weighted by atomic mass is 32.2. The molecule has 0 aliphatic rings. The minimum atomic E-state index is 0.839. The number of nitrogens with one attached hydrogen (secondary N) is 1. The lowest BCUT2D eigenvalue weighted by Gasteiger charge is -2.04. The molecule has 1 heterocycles. The van der Waals surface area contributed by atoms with Gasteiger partial charge in [0.25, 0.3) is 0 Å². The van der Waals surface area contributed by atoms with Crippen molar-refractivity contribution in [3.8, 4) is 0 Å². The number of aromatic nitrogens is 1. The Morgan fingerprint density at radius 2 is 2.47 bits per heavy atom. The van der Waals surface area contributed by atoms with Gasteiger partial charge in [0.15, 0.2) is 0 Å². The fourth-order valence-electron chi connectivity index (χ4n) is 1.23. The van der Waals surface area contributed by atoms with Crippen LogP contribution in [0.15, 0.2) is 24.9 Å². The minimum Gasteiger partial charge on any atom is -0.310 e. The van der Waals surface area contributed by atoms with Gasteiger partial charge >= 0.3 is 0 Å². The van der Waals surface area contributed by atoms with Gasteiger partial charge in [-0.15, -0.1) is 0 Å². The third kappa shape index (κ3) is 5.00. The fraction of sp³-hybridized carbons (Fsp3) is 0.417. The van der Waals surface area contributed by atoms with Gasteiger partial charge in [-0.3, -0.25) is 4.98 Å². The van der Waals surface area contributed by atoms with Crippen molar-refractivity contribution >= 4 is 17.8 Å². The Morgan fingerprint density at radius 1 is 1.60 bits per heavy atom. The van der Waals surface area contributed by atoms with E-state index >= 15 is 0 Å². The molecule has 0 unspecified atom stereocenters. The van der Waals surface area contributed by atoms with Crippen LogP contribution in [-0.4, -0.2) is 23.0 Å². The molecule has 1 aromatic rings. The Kier molecular flexibility index (Phi) is 6.12. The second-order valence-electron chi connectivity index (χ2n) is 3.16. The van der Waals surface area contributed by atoms with E-state index in [1.165, 1.54) is 5.75 Å². The Hall–Kier alpha value is -0.800. The molecule has 1 aromatic heterocycles. The van der Waals surface area contributed by atoms with Crippen molar-refractivity contribution in [2.75, 3.05) is 18.1 Å². The lowest BCUT2D eigenvalue weighted by molar-refractivity contribution is 0.715. The molecule has 0 bridgehead atoms. The number of pyridine rings is 1. The van der Waals surface area contributed by atoms with Crippen molar-refractivity contribution in [3.63, 3.8) is 0 Å². The maximum Gasteiger partial charge on any atom is 0.0547 e. The zero-order chi connectivity index (χ0) is 10.9. The Balaban J connectivity index is 2.27. The van der Waals surface area contributed by atoms with E-state index in [1.54, 1.807) is 0 Å². The topological polar surface area (TPSA) is 24.9 Å². The number of hydrogen-bond donors (Lipinski definition) is 1. The van der Waals surface area contributed by atoms with Gasteiger partial charge in [-0.2, -0.15) is 11.8 Å². The molecule has 0 fully saturated rings. The first-order valence-electron chi connectivity index (χ1n) is 5.22. The third-order valence-corrected chi connectivity index (χ3v) is 2.91. The van der Waals surface area contributed by atoms with E-state index in [0.717, 1.165) is 30.1 Å². The van der Waals surface area contributed by atoms with Crippen LogP contribution in [0.5, 0.6) is 0 Å². The van der Waals surface area contributed by atoms with Gasteiger partial charge in [-0.05, 0) is 23.4 Å². The van der Waals surface area contributed by atoms with Gasteiger partial charge in [-0.1, -0.05) is 19.6 Å². The molecule has 0 saturated carbocycles. The smallest absolute Gasteiger partial charge is 0.0547 e. The van der Waals surface area contributed by atoms with Crippen molar-refractivity contribution in [2.45, 2.75) is 13.5 Å². The first-order chi connectivity index (χ1) is 7.36. The zero-order valence-electron chi connectivity index (χ0n) is 9.20. The highest BCUT2D eigenvalue weighted by molar-refractivity contribution is 7.99. The summed E-state index contributed by atoms with van der Waals surface area (Å²) in [6.45, 7) is 7.80. The summed E-state index contributed by atoms with van der Waals surface area (Å²) in [5.74, 6) is 2.35. The number of thioether (sulfide) groups is 1. The molecule has 0 aliphatic heterocycles. The Labute approximate surface area is 96.2 Å². The van der Waals surface area contributed by atoms with Crippen LogP contribution in [0.1, 0.15) is 18.2 Å². The van der Waals surface area contributed by atoms with Crippen molar-refractivity contribution in [1.29, 1.82) is 0 Å². The zero-order valence-corrected chi connectivity index (χ0v) is 10.0. The second kappa shape index (κ2) is 7.49. The second-order valence-corrected chi connectivity index (χ2v) is 4.55. The predicted molar refractivity (Wildman–Crippen MR) is 69.0 cm³/mol. The van der Waals surface area contributed by atoms with Crippen LogP contribution < -0.4 is 5.32 Å². The molecule has 0 aromatic carbocycles. The third-order valence-electron chi connectivity index (χ3n) is 2.01. The van der Waals surface area contributed by atoms with E-state index in [9.17, 15) is 0 Å². The molecule has 82 valence electrons. The normalized spacial score (nSPS) is 10.2. The molecule has 1 N–H and O–H groups in total. The van der Waals surface area contributed by atoms with E-state index in [1.807, 2.05) is 30.1 Å². The molecular weight excluding hydrogens is 204 g/mol. The first-order valence-corrected chi connectivity index (χ1v) is 6.38. The number of nitrogens with zero attached hydrogens (tertiary/aromatic N) is 1. The molecule has 15 heavy (non-hydrogen) atoms. The summed E-state index contributed by atoms with van der Waals surface area (Å²) in [7, 11) is 0. The van der Waals surface area contributed by atoms with Gasteiger partial charge < -0.3 is 5.32 Å². The number of hydrogen-bond acceptors (Lipinski definition) is 3. The average Bonchev–Trinajstić information content (AvgIpc) is 2.29. The van der Waals surface area contributed by atoms with E-state index in [-0.39, 0.29) is 0 Å². The monoisotopic (exact) mass is 222 g/mol. The van der Waals surface area contributed by atoms with E-state index in [4.69, 9.17) is 0 Å². The van der Waals surface area contributed by atoms with Gasteiger partial charge in [0.2, 0.25) is 0 Å². The molecule has 0 spiro atoms. The molecule has 0 aliphatic carbocycles. The summed E-state index contributed by atoms with van der Waals surface area (Å²) in [6, 6.07) is 4.02. The average molecular weight is 222 g/mol. The highest BCUT2D eigenvalue weighted by Crippen LogP contribution is 2.02. The van der Waals surface area contributed by atoms with Crippen LogP contribution in [0.4, 0.5) is 0 Å². The van der Waals surface area contributed by atoms with E-state index in [2.05, 4.69) is 29.9 Å². The lowest BCUT2D eigenvalue weighted by atomic mass is 10.2. The van der Waals surface area contributed by atoms with E-state index < -0.39 is 0 Å². The molecule has 0 radical (unpaired) electrons. The lowest BCUT2D eigenvalue weighted by Crippen LogP contribution is -2.17. The van der Waals surface area contributed by atoms with Gasteiger partial charge in [-0.25, -0.2) is 0 Å². The standard InChI is InChI=1S/C12H18N2S/c1-3-11-5-6-14-12(9-11)10-13-7-8-15-4-2/h3,5-6,9,13H,1,4,7-8,10H2,2H3. The molecule has 1 rings (SSSR count). The van der Waals surface area contributed by atoms with Gasteiger partial charge in [0, 0.05) is 25.0 Å². The molecule has 2 nitrogen and oxygen atoms in total. The first kappa shape index (κ1) is 12.3. The largest absolute Gasteiger partial charge is 0.310 e. The fourth-order valence-corrected chi connectivity index (χ4v) is 1.80. The highest BCUT2D eigenvalue weighted by Gasteiger charge is 1.94. The van der Waals surface area contributed by atoms with Gasteiger partial charge in [0.05, 0.1) is 5.69 Å². The van der Waals surface area contributed by atoms with Crippen molar-refractivity contribution in [1.82, 2.24) is 10.3 Å². The summed E-state index contributed by atoms with van der Waals surface area (Å²) in [6.07, 6.45) is 3.67. The summed E-state index contributed by atoms with van der Waals surface area (Å²) < 4.78 is 0. The molecular formula is C12H18N2S. The maximum absolute atomic E-state index is 4.29. The Morgan fingerprint density at radius 3 is 3.20 bits per heavy atom. The summed E-state index contributed by atoms with van der Waals surface area (Å²) >= 11 is 1.95. The van der Waals surface area contributed by atoms with Crippen molar-refractivity contribution < 1.29 is 0 Å². The molecule has 3 heteroatoms. The summed E-state index contributed by atoms with van der Waals surface area (Å²) in [5.41, 5.74) is 2.21. The van der Waals surface area contributed by atoms with Crippen LogP contribution >= 0.6 is 11.8 Å². The number of rotatable bonds is 7. The SMILES string of the molecule is C=Cc1ccnc(CNCCSCC)c1. The summed E-state index contributed by atoms with van der Waals surface area (Å²) in [5, 5.41) is 3.37. The van der Waals surface area contributed by atoms with Crippen LogP contribution in [-0.2, 0) is 6.54 Å². The van der Waals surface area contributed by atoms with Crippen LogP contribution in [0, 0.1) is 0 Å². The molecule has 0 saturated heterocycles. The van der Waals surface area contributed by atoms with Crippen LogP contribution in [0.25, 0.3) is 6.08 Å². The Bertz CT molecular complexity index is 299. The molecule has 0 amide bonds.